The second-order valence-electron chi connectivity index (χ2n) is 7.82. The summed E-state index contributed by atoms with van der Waals surface area (Å²) in [7, 11) is 0. The highest BCUT2D eigenvalue weighted by molar-refractivity contribution is 7.99. The average Bonchev–Trinajstić information content (AvgIpc) is 3.50. The Bertz CT molecular complexity index is 924. The zero-order valence-corrected chi connectivity index (χ0v) is 17.6. The summed E-state index contributed by atoms with van der Waals surface area (Å²) in [6.45, 7) is 4.21. The first-order chi connectivity index (χ1) is 14.5. The SMILES string of the molecule is CC1CCN(c2nnc(SCC(=O)NNC(=O)c3ccccc3F)n2C2CC2)CC1. The van der Waals surface area contributed by atoms with E-state index in [4.69, 9.17) is 0 Å². The highest BCUT2D eigenvalue weighted by Gasteiger charge is 2.32. The van der Waals surface area contributed by atoms with Crippen LogP contribution in [0.3, 0.4) is 0 Å². The average molecular weight is 433 g/mol. The van der Waals surface area contributed by atoms with E-state index in [0.717, 1.165) is 50.6 Å². The van der Waals surface area contributed by atoms with E-state index in [0.29, 0.717) is 11.2 Å². The summed E-state index contributed by atoms with van der Waals surface area (Å²) in [5.41, 5.74) is 4.44. The van der Waals surface area contributed by atoms with E-state index in [1.807, 2.05) is 0 Å². The van der Waals surface area contributed by atoms with Crippen molar-refractivity contribution in [2.75, 3.05) is 23.7 Å². The lowest BCUT2D eigenvalue weighted by molar-refractivity contribution is -0.119. The Kier molecular flexibility index (Phi) is 6.21. The molecule has 10 heteroatoms. The quantitative estimate of drug-likeness (QED) is 0.538. The van der Waals surface area contributed by atoms with E-state index >= 15 is 0 Å². The van der Waals surface area contributed by atoms with Gasteiger partial charge in [0.05, 0.1) is 11.3 Å². The van der Waals surface area contributed by atoms with E-state index in [2.05, 4.69) is 37.4 Å². The van der Waals surface area contributed by atoms with Gasteiger partial charge in [-0.1, -0.05) is 30.8 Å². The minimum Gasteiger partial charge on any atom is -0.341 e. The summed E-state index contributed by atoms with van der Waals surface area (Å²) in [4.78, 5) is 26.4. The van der Waals surface area contributed by atoms with Gasteiger partial charge < -0.3 is 4.90 Å². The Morgan fingerprint density at radius 3 is 2.57 bits per heavy atom. The fourth-order valence-electron chi connectivity index (χ4n) is 3.45. The number of nitrogens with zero attached hydrogens (tertiary/aromatic N) is 4. The van der Waals surface area contributed by atoms with Gasteiger partial charge >= 0.3 is 0 Å². The van der Waals surface area contributed by atoms with Crippen LogP contribution in [0.15, 0.2) is 29.4 Å². The number of carbonyl (C=O) groups excluding carboxylic acids is 2. The molecule has 0 atom stereocenters. The van der Waals surface area contributed by atoms with Gasteiger partial charge in [0.1, 0.15) is 5.82 Å². The number of carbonyl (C=O) groups is 2. The summed E-state index contributed by atoms with van der Waals surface area (Å²) in [5, 5.41) is 9.43. The minimum atomic E-state index is -0.700. The van der Waals surface area contributed by atoms with Gasteiger partial charge in [0, 0.05) is 19.1 Å². The van der Waals surface area contributed by atoms with Crippen molar-refractivity contribution in [2.45, 2.75) is 43.8 Å². The molecule has 2 fully saturated rings. The molecule has 1 saturated heterocycles. The van der Waals surface area contributed by atoms with Crippen LogP contribution in [0.4, 0.5) is 10.3 Å². The number of nitrogens with one attached hydrogen (secondary N) is 2. The summed E-state index contributed by atoms with van der Waals surface area (Å²) in [5.74, 6) is -0.0522. The molecule has 0 spiro atoms. The molecule has 0 radical (unpaired) electrons. The van der Waals surface area contributed by atoms with Crippen molar-refractivity contribution >= 4 is 29.5 Å². The Morgan fingerprint density at radius 1 is 1.13 bits per heavy atom. The van der Waals surface area contributed by atoms with Crippen molar-refractivity contribution < 1.29 is 14.0 Å². The van der Waals surface area contributed by atoms with Crippen LogP contribution in [0.1, 0.15) is 49.0 Å². The van der Waals surface area contributed by atoms with Crippen LogP contribution in [-0.2, 0) is 4.79 Å². The zero-order chi connectivity index (χ0) is 21.1. The van der Waals surface area contributed by atoms with E-state index in [9.17, 15) is 14.0 Å². The minimum absolute atomic E-state index is 0.0689. The van der Waals surface area contributed by atoms with Crippen LogP contribution in [-0.4, -0.2) is 45.4 Å². The van der Waals surface area contributed by atoms with Gasteiger partial charge in [0.15, 0.2) is 5.16 Å². The Balaban J connectivity index is 1.33. The van der Waals surface area contributed by atoms with Gasteiger partial charge in [-0.3, -0.25) is 25.0 Å². The molecule has 2 amide bonds. The highest BCUT2D eigenvalue weighted by atomic mass is 32.2. The van der Waals surface area contributed by atoms with Crippen molar-refractivity contribution in [3.05, 3.63) is 35.6 Å². The molecule has 1 aromatic heterocycles. The number of hydrogen-bond donors (Lipinski definition) is 2. The van der Waals surface area contributed by atoms with Crippen molar-refractivity contribution in [1.29, 1.82) is 0 Å². The molecule has 8 nitrogen and oxygen atoms in total. The van der Waals surface area contributed by atoms with Gasteiger partial charge in [-0.05, 0) is 43.7 Å². The Labute approximate surface area is 178 Å². The smallest absolute Gasteiger partial charge is 0.272 e. The summed E-state index contributed by atoms with van der Waals surface area (Å²) >= 11 is 1.28. The maximum atomic E-state index is 13.6. The van der Waals surface area contributed by atoms with E-state index in [1.54, 1.807) is 6.07 Å². The molecular weight excluding hydrogens is 407 g/mol. The summed E-state index contributed by atoms with van der Waals surface area (Å²) in [6, 6.07) is 5.99. The third kappa shape index (κ3) is 4.75. The number of anilines is 1. The van der Waals surface area contributed by atoms with Crippen molar-refractivity contribution in [2.24, 2.45) is 5.92 Å². The standard InChI is InChI=1S/C20H25FN6O2S/c1-13-8-10-26(11-9-13)19-24-25-20(27(19)14-6-7-14)30-12-17(28)22-23-18(29)15-4-2-3-5-16(15)21/h2-5,13-14H,6-12H2,1H3,(H,22,28)(H,23,29). The first kappa shape index (κ1) is 20.6. The van der Waals surface area contributed by atoms with Crippen LogP contribution < -0.4 is 15.8 Å². The third-order valence-corrected chi connectivity index (χ3v) is 6.33. The van der Waals surface area contributed by atoms with Gasteiger partial charge in [-0.25, -0.2) is 4.39 Å². The van der Waals surface area contributed by atoms with Gasteiger partial charge in [-0.15, -0.1) is 10.2 Å². The molecule has 160 valence electrons. The number of hydrazine groups is 1. The molecule has 2 heterocycles. The lowest BCUT2D eigenvalue weighted by atomic mass is 10.00. The Hall–Kier alpha value is -2.62. The first-order valence-electron chi connectivity index (χ1n) is 10.2. The second kappa shape index (κ2) is 9.03. The molecule has 1 aliphatic carbocycles. The molecule has 2 aliphatic rings. The molecular formula is C20H25FN6O2S. The topological polar surface area (TPSA) is 92.2 Å². The lowest BCUT2D eigenvalue weighted by Crippen LogP contribution is -2.42. The Morgan fingerprint density at radius 2 is 1.87 bits per heavy atom. The molecule has 0 bridgehead atoms. The maximum absolute atomic E-state index is 13.6. The molecule has 4 rings (SSSR count). The fraction of sp³-hybridized carbons (Fsp3) is 0.500. The largest absolute Gasteiger partial charge is 0.341 e. The van der Waals surface area contributed by atoms with E-state index in [1.165, 1.54) is 30.0 Å². The van der Waals surface area contributed by atoms with Crippen molar-refractivity contribution in [3.63, 3.8) is 0 Å². The van der Waals surface area contributed by atoms with Gasteiger partial charge in [0.25, 0.3) is 5.91 Å². The van der Waals surface area contributed by atoms with Crippen molar-refractivity contribution in [3.8, 4) is 0 Å². The molecule has 1 saturated carbocycles. The molecule has 1 aliphatic heterocycles. The lowest BCUT2D eigenvalue weighted by Gasteiger charge is -2.31. The predicted molar refractivity (Wildman–Crippen MR) is 112 cm³/mol. The molecule has 0 unspecified atom stereocenters. The molecule has 30 heavy (non-hydrogen) atoms. The van der Waals surface area contributed by atoms with Crippen molar-refractivity contribution in [1.82, 2.24) is 25.6 Å². The monoisotopic (exact) mass is 432 g/mol. The van der Waals surface area contributed by atoms with E-state index < -0.39 is 17.6 Å². The van der Waals surface area contributed by atoms with Crippen LogP contribution >= 0.6 is 11.8 Å². The highest BCUT2D eigenvalue weighted by Crippen LogP contribution is 2.41. The van der Waals surface area contributed by atoms with Gasteiger partial charge in [-0.2, -0.15) is 0 Å². The van der Waals surface area contributed by atoms with E-state index in [-0.39, 0.29) is 11.3 Å². The van der Waals surface area contributed by atoms with Crippen LogP contribution in [0.5, 0.6) is 0 Å². The van der Waals surface area contributed by atoms with Crippen LogP contribution in [0.2, 0.25) is 0 Å². The first-order valence-corrected chi connectivity index (χ1v) is 11.2. The number of amides is 2. The zero-order valence-electron chi connectivity index (χ0n) is 16.8. The number of hydrogen-bond acceptors (Lipinski definition) is 6. The third-order valence-electron chi connectivity index (χ3n) is 5.39. The number of halogens is 1. The molecule has 2 aromatic rings. The molecule has 2 N–H and O–H groups in total. The fourth-order valence-corrected chi connectivity index (χ4v) is 4.25. The van der Waals surface area contributed by atoms with Crippen LogP contribution in [0, 0.1) is 11.7 Å². The number of benzene rings is 1. The van der Waals surface area contributed by atoms with Gasteiger partial charge in [0.2, 0.25) is 11.9 Å². The number of aromatic nitrogens is 3. The maximum Gasteiger partial charge on any atom is 0.272 e. The number of piperidine rings is 1. The number of thioether (sulfide) groups is 1. The normalized spacial score (nSPS) is 17.1. The number of rotatable bonds is 6. The summed E-state index contributed by atoms with van der Waals surface area (Å²) in [6.07, 6.45) is 4.47. The second-order valence-corrected chi connectivity index (χ2v) is 8.77. The predicted octanol–water partition coefficient (Wildman–Crippen LogP) is 2.54. The summed E-state index contributed by atoms with van der Waals surface area (Å²) < 4.78 is 15.8. The van der Waals surface area contributed by atoms with Crippen LogP contribution in [0.25, 0.3) is 0 Å². The molecule has 1 aromatic carbocycles.